The first-order valence-electron chi connectivity index (χ1n) is 8.40. The minimum atomic E-state index is -0.454. The molecule has 0 unspecified atom stereocenters. The minimum Gasteiger partial charge on any atom is -0.451 e. The van der Waals surface area contributed by atoms with Crippen molar-refractivity contribution >= 4 is 55.8 Å². The van der Waals surface area contributed by atoms with Crippen molar-refractivity contribution < 1.29 is 14.0 Å². The number of para-hydroxylation sites is 1. The van der Waals surface area contributed by atoms with Crippen LogP contribution < -0.4 is 11.2 Å². The van der Waals surface area contributed by atoms with E-state index in [0.717, 1.165) is 26.3 Å². The number of hydrogen-bond acceptors (Lipinski definition) is 4. The smallest absolute Gasteiger partial charge is 0.307 e. The first-order chi connectivity index (χ1) is 13.5. The summed E-state index contributed by atoms with van der Waals surface area (Å²) in [4.78, 5) is 23.6. The second-order valence-corrected chi connectivity index (χ2v) is 7.10. The summed E-state index contributed by atoms with van der Waals surface area (Å²) in [6.07, 6.45) is 3.29. The van der Waals surface area contributed by atoms with Gasteiger partial charge < -0.3 is 14.7 Å². The zero-order valence-corrected chi connectivity index (χ0v) is 16.1. The number of nitrogens with one attached hydrogen (secondary N) is 1. The van der Waals surface area contributed by atoms with Crippen LogP contribution in [0.2, 0.25) is 0 Å². The maximum Gasteiger partial charge on any atom is 0.307 e. The van der Waals surface area contributed by atoms with Crippen molar-refractivity contribution in [1.82, 2.24) is 9.99 Å². The summed E-state index contributed by atoms with van der Waals surface area (Å²) in [7, 11) is 0. The first kappa shape index (κ1) is 18.0. The number of carbonyl (C=O) groups is 2. The van der Waals surface area contributed by atoms with Crippen LogP contribution in [0.4, 0.5) is 0 Å². The molecule has 0 bridgehead atoms. The van der Waals surface area contributed by atoms with Crippen LogP contribution in [0.5, 0.6) is 0 Å². The molecular formula is C20H15BrN4O3. The number of amides is 2. The number of hydrogen-bond donors (Lipinski definition) is 2. The highest BCUT2D eigenvalue weighted by molar-refractivity contribution is 9.10. The van der Waals surface area contributed by atoms with Gasteiger partial charge in [-0.3, -0.25) is 9.59 Å². The van der Waals surface area contributed by atoms with Crippen LogP contribution in [0.1, 0.15) is 16.1 Å². The average molecular weight is 439 g/mol. The number of carbonyl (C=O) groups excluding carboxylic acids is 2. The van der Waals surface area contributed by atoms with Gasteiger partial charge in [0.1, 0.15) is 12.1 Å². The summed E-state index contributed by atoms with van der Waals surface area (Å²) < 4.78 is 8.19. The molecule has 0 aliphatic rings. The van der Waals surface area contributed by atoms with E-state index in [-0.39, 0.29) is 12.3 Å². The standard InChI is InChI=1S/C20H15BrN4O3/c21-14-5-6-17-12(7-14)8-18(28-17)20(27)24-23-9-13-10-25(11-19(22)26)16-4-2-1-3-15(13)16/h1-10H,11H2,(H2,22,26)(H,24,27)/b23-9+. The first-order valence-corrected chi connectivity index (χ1v) is 9.19. The lowest BCUT2D eigenvalue weighted by Crippen LogP contribution is -2.18. The number of halogens is 1. The number of rotatable bonds is 5. The van der Waals surface area contributed by atoms with Crippen LogP contribution in [0.25, 0.3) is 21.9 Å². The average Bonchev–Trinajstić information content (AvgIpc) is 3.23. The molecule has 0 saturated heterocycles. The topological polar surface area (TPSA) is 103 Å². The maximum absolute atomic E-state index is 12.3. The molecule has 0 aliphatic carbocycles. The van der Waals surface area contributed by atoms with Crippen molar-refractivity contribution in [3.8, 4) is 0 Å². The molecule has 3 N–H and O–H groups in total. The van der Waals surface area contributed by atoms with Gasteiger partial charge in [-0.15, -0.1) is 0 Å². The molecular weight excluding hydrogens is 424 g/mol. The third-order valence-electron chi connectivity index (χ3n) is 4.22. The van der Waals surface area contributed by atoms with Crippen LogP contribution >= 0.6 is 15.9 Å². The Labute approximate surface area is 167 Å². The molecule has 28 heavy (non-hydrogen) atoms. The van der Waals surface area contributed by atoms with E-state index in [0.29, 0.717) is 5.58 Å². The number of aromatic nitrogens is 1. The predicted molar refractivity (Wildman–Crippen MR) is 110 cm³/mol. The highest BCUT2D eigenvalue weighted by Crippen LogP contribution is 2.23. The highest BCUT2D eigenvalue weighted by atomic mass is 79.9. The summed E-state index contributed by atoms with van der Waals surface area (Å²) in [5.41, 5.74) is 10.00. The van der Waals surface area contributed by atoms with E-state index in [1.165, 1.54) is 6.21 Å². The molecule has 4 aromatic rings. The fraction of sp³-hybridized carbons (Fsp3) is 0.0500. The van der Waals surface area contributed by atoms with Gasteiger partial charge in [0.2, 0.25) is 5.91 Å². The number of nitrogens with two attached hydrogens (primary N) is 1. The van der Waals surface area contributed by atoms with Crippen molar-refractivity contribution in [3.05, 3.63) is 70.5 Å². The second-order valence-electron chi connectivity index (χ2n) is 6.19. The molecule has 2 aromatic carbocycles. The number of primary amides is 1. The summed E-state index contributed by atoms with van der Waals surface area (Å²) in [5.74, 6) is -0.722. The Kier molecular flexibility index (Phi) is 4.70. The summed E-state index contributed by atoms with van der Waals surface area (Å²) in [6.45, 7) is 0.0647. The van der Waals surface area contributed by atoms with Crippen LogP contribution in [-0.4, -0.2) is 22.6 Å². The van der Waals surface area contributed by atoms with Crippen molar-refractivity contribution in [2.24, 2.45) is 10.8 Å². The molecule has 2 heterocycles. The zero-order valence-electron chi connectivity index (χ0n) is 14.6. The van der Waals surface area contributed by atoms with Gasteiger partial charge in [-0.1, -0.05) is 34.1 Å². The molecule has 140 valence electrons. The Morgan fingerprint density at radius 2 is 2.04 bits per heavy atom. The summed E-state index contributed by atoms with van der Waals surface area (Å²) in [5, 5.41) is 5.74. The molecule has 8 heteroatoms. The van der Waals surface area contributed by atoms with Gasteiger partial charge in [0.15, 0.2) is 5.76 Å². The second kappa shape index (κ2) is 7.32. The number of furan rings is 1. The predicted octanol–water partition coefficient (Wildman–Crippen LogP) is 3.40. The Hall–Kier alpha value is -3.39. The monoisotopic (exact) mass is 438 g/mol. The van der Waals surface area contributed by atoms with Crippen LogP contribution in [0.3, 0.4) is 0 Å². The van der Waals surface area contributed by atoms with E-state index in [1.807, 2.05) is 36.4 Å². The largest absolute Gasteiger partial charge is 0.451 e. The van der Waals surface area contributed by atoms with E-state index in [9.17, 15) is 9.59 Å². The van der Waals surface area contributed by atoms with Crippen molar-refractivity contribution in [3.63, 3.8) is 0 Å². The molecule has 0 saturated carbocycles. The van der Waals surface area contributed by atoms with Crippen LogP contribution in [0, 0.1) is 0 Å². The third-order valence-corrected chi connectivity index (χ3v) is 4.71. The minimum absolute atomic E-state index is 0.0647. The van der Waals surface area contributed by atoms with Gasteiger partial charge >= 0.3 is 5.91 Å². The Morgan fingerprint density at radius 1 is 1.21 bits per heavy atom. The van der Waals surface area contributed by atoms with E-state index in [4.69, 9.17) is 10.2 Å². The number of benzene rings is 2. The van der Waals surface area contributed by atoms with Gasteiger partial charge in [-0.05, 0) is 30.3 Å². The van der Waals surface area contributed by atoms with Crippen LogP contribution in [0.15, 0.2) is 68.7 Å². The maximum atomic E-state index is 12.3. The molecule has 4 rings (SSSR count). The van der Waals surface area contributed by atoms with Gasteiger partial charge in [-0.25, -0.2) is 5.43 Å². The summed E-state index contributed by atoms with van der Waals surface area (Å²) >= 11 is 3.39. The normalized spacial score (nSPS) is 11.5. The quantitative estimate of drug-likeness (QED) is 0.368. The molecule has 0 atom stereocenters. The van der Waals surface area contributed by atoms with Gasteiger partial charge in [0.05, 0.1) is 6.21 Å². The number of hydrazone groups is 1. The van der Waals surface area contributed by atoms with Crippen molar-refractivity contribution in [2.45, 2.75) is 6.54 Å². The third kappa shape index (κ3) is 3.54. The number of fused-ring (bicyclic) bond motifs is 2. The summed E-state index contributed by atoms with van der Waals surface area (Å²) in [6, 6.07) is 14.7. The fourth-order valence-corrected chi connectivity index (χ4v) is 3.40. The highest BCUT2D eigenvalue weighted by Gasteiger charge is 2.12. The fourth-order valence-electron chi connectivity index (χ4n) is 3.02. The van der Waals surface area contributed by atoms with Crippen LogP contribution in [-0.2, 0) is 11.3 Å². The Balaban J connectivity index is 1.55. The Bertz CT molecular complexity index is 1240. The lowest BCUT2D eigenvalue weighted by Gasteiger charge is -2.00. The molecule has 2 amide bonds. The molecule has 0 fully saturated rings. The molecule has 0 spiro atoms. The lowest BCUT2D eigenvalue weighted by molar-refractivity contribution is -0.118. The van der Waals surface area contributed by atoms with Crippen molar-refractivity contribution in [1.29, 1.82) is 0 Å². The Morgan fingerprint density at radius 3 is 2.86 bits per heavy atom. The SMILES string of the molecule is NC(=O)Cn1cc(/C=N/NC(=O)c2cc3cc(Br)ccc3o2)c2ccccc21. The van der Waals surface area contributed by atoms with E-state index in [2.05, 4.69) is 26.5 Å². The molecule has 0 radical (unpaired) electrons. The molecule has 7 nitrogen and oxygen atoms in total. The van der Waals surface area contributed by atoms with Gasteiger partial charge in [-0.2, -0.15) is 5.10 Å². The van der Waals surface area contributed by atoms with Gasteiger partial charge in [0, 0.05) is 32.5 Å². The van der Waals surface area contributed by atoms with E-state index >= 15 is 0 Å². The lowest BCUT2D eigenvalue weighted by atomic mass is 10.2. The van der Waals surface area contributed by atoms with E-state index < -0.39 is 11.8 Å². The van der Waals surface area contributed by atoms with Crippen molar-refractivity contribution in [2.75, 3.05) is 0 Å². The van der Waals surface area contributed by atoms with Gasteiger partial charge in [0.25, 0.3) is 0 Å². The molecule has 0 aliphatic heterocycles. The zero-order chi connectivity index (χ0) is 19.7. The van der Waals surface area contributed by atoms with E-state index in [1.54, 1.807) is 22.9 Å². The molecule has 2 aromatic heterocycles. The number of nitrogens with zero attached hydrogens (tertiary/aromatic N) is 2.